The summed E-state index contributed by atoms with van der Waals surface area (Å²) in [6.07, 6.45) is 1.64. The summed E-state index contributed by atoms with van der Waals surface area (Å²) in [7, 11) is 0. The van der Waals surface area contributed by atoms with E-state index in [4.69, 9.17) is 11.6 Å². The molecule has 9 heteroatoms. The van der Waals surface area contributed by atoms with E-state index in [2.05, 4.69) is 15.2 Å². The zero-order valence-corrected chi connectivity index (χ0v) is 19.5. The van der Waals surface area contributed by atoms with Gasteiger partial charge in [-0.1, -0.05) is 41.4 Å². The summed E-state index contributed by atoms with van der Waals surface area (Å²) in [5.41, 5.74) is 3.40. The summed E-state index contributed by atoms with van der Waals surface area (Å²) in [6, 6.07) is 19.9. The van der Waals surface area contributed by atoms with Crippen molar-refractivity contribution in [3.05, 3.63) is 93.0 Å². The summed E-state index contributed by atoms with van der Waals surface area (Å²) >= 11 is 7.54. The molecule has 0 fully saturated rings. The lowest BCUT2D eigenvalue weighted by Gasteiger charge is -2.09. The summed E-state index contributed by atoms with van der Waals surface area (Å²) in [6.45, 7) is 4.67. The summed E-state index contributed by atoms with van der Waals surface area (Å²) in [5, 5.41) is 21.4. The number of nitro benzene ring substituents is 1. The minimum absolute atomic E-state index is 0.00119. The van der Waals surface area contributed by atoms with E-state index in [1.165, 1.54) is 23.9 Å². The molecule has 0 aliphatic heterocycles. The van der Waals surface area contributed by atoms with Crippen LogP contribution in [0.15, 0.2) is 81.8 Å². The third-order valence-corrected chi connectivity index (χ3v) is 6.22. The summed E-state index contributed by atoms with van der Waals surface area (Å²) in [4.78, 5) is 16.2. The van der Waals surface area contributed by atoms with Crippen LogP contribution in [0, 0.1) is 17.0 Å². The molecule has 0 radical (unpaired) electrons. The first-order valence-corrected chi connectivity index (χ1v) is 11.4. The Bertz CT molecular complexity index is 1340. The van der Waals surface area contributed by atoms with E-state index in [0.717, 1.165) is 21.7 Å². The number of hydrogen-bond acceptors (Lipinski definition) is 6. The van der Waals surface area contributed by atoms with Gasteiger partial charge in [0.05, 0.1) is 10.6 Å². The van der Waals surface area contributed by atoms with Crippen LogP contribution < -0.4 is 0 Å². The lowest BCUT2D eigenvalue weighted by molar-refractivity contribution is -0.384. The molecule has 4 aromatic rings. The second-order valence-electron chi connectivity index (χ2n) is 7.24. The highest BCUT2D eigenvalue weighted by atomic mass is 35.5. The monoisotopic (exact) mass is 477 g/mol. The Kier molecular flexibility index (Phi) is 6.86. The van der Waals surface area contributed by atoms with Crippen molar-refractivity contribution in [1.82, 2.24) is 14.8 Å². The van der Waals surface area contributed by atoms with E-state index >= 15 is 0 Å². The van der Waals surface area contributed by atoms with Crippen LogP contribution in [0.3, 0.4) is 0 Å². The Labute approximate surface area is 200 Å². The largest absolute Gasteiger partial charge is 0.302 e. The molecule has 3 aromatic carbocycles. The maximum absolute atomic E-state index is 11.3. The molecule has 0 amide bonds. The Hall–Kier alpha value is -3.49. The fraction of sp³-hybridized carbons (Fsp3) is 0.125. The normalized spacial score (nSPS) is 11.2. The molecule has 0 N–H and O–H groups in total. The highest BCUT2D eigenvalue weighted by molar-refractivity contribution is 7.99. The van der Waals surface area contributed by atoms with Gasteiger partial charge in [0.25, 0.3) is 5.69 Å². The molecule has 0 saturated heterocycles. The first-order valence-electron chi connectivity index (χ1n) is 10.2. The second-order valence-corrected chi connectivity index (χ2v) is 8.68. The lowest BCUT2D eigenvalue weighted by Crippen LogP contribution is -2.00. The van der Waals surface area contributed by atoms with Gasteiger partial charge in [-0.05, 0) is 55.9 Å². The van der Waals surface area contributed by atoms with Crippen molar-refractivity contribution < 1.29 is 4.92 Å². The molecule has 33 heavy (non-hydrogen) atoms. The average Bonchev–Trinajstić information content (AvgIpc) is 3.22. The van der Waals surface area contributed by atoms with Crippen LogP contribution in [0.5, 0.6) is 0 Å². The van der Waals surface area contributed by atoms with Gasteiger partial charge in [-0.25, -0.2) is 0 Å². The zero-order valence-electron chi connectivity index (χ0n) is 18.0. The molecule has 0 unspecified atom stereocenters. The third kappa shape index (κ3) is 5.30. The highest BCUT2D eigenvalue weighted by Crippen LogP contribution is 2.33. The number of nitro groups is 1. The van der Waals surface area contributed by atoms with E-state index < -0.39 is 4.92 Å². The van der Waals surface area contributed by atoms with Crippen molar-refractivity contribution in [1.29, 1.82) is 0 Å². The van der Waals surface area contributed by atoms with Crippen molar-refractivity contribution in [2.75, 3.05) is 0 Å². The van der Waals surface area contributed by atoms with Crippen molar-refractivity contribution in [3.8, 4) is 11.4 Å². The zero-order chi connectivity index (χ0) is 23.4. The van der Waals surface area contributed by atoms with Crippen molar-refractivity contribution >= 4 is 41.0 Å². The van der Waals surface area contributed by atoms with Crippen molar-refractivity contribution in [3.63, 3.8) is 0 Å². The fourth-order valence-corrected chi connectivity index (χ4v) is 4.37. The van der Waals surface area contributed by atoms with Gasteiger partial charge in [0, 0.05) is 45.9 Å². The molecule has 0 aliphatic rings. The highest BCUT2D eigenvalue weighted by Gasteiger charge is 2.17. The number of aliphatic imine (C=N–C) groups is 1. The molecular weight excluding hydrogens is 458 g/mol. The van der Waals surface area contributed by atoms with E-state index in [0.29, 0.717) is 28.1 Å². The number of benzene rings is 3. The Morgan fingerprint density at radius 1 is 1.12 bits per heavy atom. The number of aromatic nitrogens is 3. The van der Waals surface area contributed by atoms with Crippen LogP contribution >= 0.6 is 23.4 Å². The van der Waals surface area contributed by atoms with E-state index in [9.17, 15) is 10.1 Å². The predicted octanol–water partition coefficient (Wildman–Crippen LogP) is 6.74. The predicted molar refractivity (Wildman–Crippen MR) is 132 cm³/mol. The molecule has 0 atom stereocenters. The average molecular weight is 478 g/mol. The number of rotatable bonds is 7. The van der Waals surface area contributed by atoms with Crippen LogP contribution in [0.25, 0.3) is 11.4 Å². The van der Waals surface area contributed by atoms with Crippen LogP contribution in [0.4, 0.5) is 11.4 Å². The second kappa shape index (κ2) is 9.97. The molecule has 4 rings (SSSR count). The first-order chi connectivity index (χ1) is 15.9. The van der Waals surface area contributed by atoms with Gasteiger partial charge in [-0.3, -0.25) is 15.1 Å². The van der Waals surface area contributed by atoms with Gasteiger partial charge >= 0.3 is 0 Å². The SMILES string of the molecule is CCn1c(Sc2ccc([N+](=O)[O-])cc2C=Nc2ccc(C)cc2)nnc1-c1cccc(Cl)c1. The molecule has 0 spiro atoms. The van der Waals surface area contributed by atoms with Gasteiger partial charge < -0.3 is 4.57 Å². The molecular formula is C24H20ClN5O2S. The van der Waals surface area contributed by atoms with E-state index in [1.54, 1.807) is 12.3 Å². The minimum Gasteiger partial charge on any atom is -0.302 e. The van der Waals surface area contributed by atoms with Gasteiger partial charge in [0.15, 0.2) is 11.0 Å². The van der Waals surface area contributed by atoms with Gasteiger partial charge in [-0.2, -0.15) is 0 Å². The quantitative estimate of drug-likeness (QED) is 0.167. The van der Waals surface area contributed by atoms with Crippen LogP contribution in [-0.4, -0.2) is 25.9 Å². The smallest absolute Gasteiger partial charge is 0.270 e. The van der Waals surface area contributed by atoms with Gasteiger partial charge in [0.1, 0.15) is 0 Å². The number of nitrogens with zero attached hydrogens (tertiary/aromatic N) is 5. The Balaban J connectivity index is 1.70. The maximum atomic E-state index is 11.3. The van der Waals surface area contributed by atoms with Gasteiger partial charge in [-0.15, -0.1) is 10.2 Å². The number of hydrogen-bond donors (Lipinski definition) is 0. The standard InChI is InChI=1S/C24H20ClN5O2S/c1-3-29-23(17-5-4-6-19(25)13-17)27-28-24(29)33-22-12-11-21(30(31)32)14-18(22)15-26-20-9-7-16(2)8-10-20/h4-15H,3H2,1-2H3. The lowest BCUT2D eigenvalue weighted by atomic mass is 10.2. The summed E-state index contributed by atoms with van der Waals surface area (Å²) < 4.78 is 1.98. The minimum atomic E-state index is -0.413. The molecule has 7 nitrogen and oxygen atoms in total. The van der Waals surface area contributed by atoms with Crippen LogP contribution in [0.2, 0.25) is 5.02 Å². The number of halogens is 1. The Morgan fingerprint density at radius 3 is 2.61 bits per heavy atom. The summed E-state index contributed by atoms with van der Waals surface area (Å²) in [5.74, 6) is 0.708. The molecule has 1 aromatic heterocycles. The molecule has 166 valence electrons. The molecule has 0 saturated carbocycles. The topological polar surface area (TPSA) is 86.2 Å². The van der Waals surface area contributed by atoms with E-state index in [1.807, 2.05) is 66.9 Å². The maximum Gasteiger partial charge on any atom is 0.270 e. The van der Waals surface area contributed by atoms with Crippen molar-refractivity contribution in [2.24, 2.45) is 4.99 Å². The molecule has 1 heterocycles. The van der Waals surface area contributed by atoms with E-state index in [-0.39, 0.29) is 5.69 Å². The van der Waals surface area contributed by atoms with Crippen molar-refractivity contribution in [2.45, 2.75) is 30.4 Å². The third-order valence-electron chi connectivity index (χ3n) is 4.91. The Morgan fingerprint density at radius 2 is 1.91 bits per heavy atom. The fourth-order valence-electron chi connectivity index (χ4n) is 3.21. The number of non-ortho nitro benzene ring substituents is 1. The first kappa shape index (κ1) is 22.7. The van der Waals surface area contributed by atoms with Crippen LogP contribution in [0.1, 0.15) is 18.1 Å². The molecule has 0 bridgehead atoms. The van der Waals surface area contributed by atoms with Crippen LogP contribution in [-0.2, 0) is 6.54 Å². The van der Waals surface area contributed by atoms with Gasteiger partial charge in [0.2, 0.25) is 0 Å². The number of aryl methyl sites for hydroxylation is 1. The molecule has 0 aliphatic carbocycles.